The lowest BCUT2D eigenvalue weighted by Gasteiger charge is -2.34. The second-order valence-corrected chi connectivity index (χ2v) is 8.44. The summed E-state index contributed by atoms with van der Waals surface area (Å²) in [5, 5.41) is 0. The number of nitrogens with one attached hydrogen (secondary N) is 1. The van der Waals surface area contributed by atoms with Crippen LogP contribution >= 0.6 is 0 Å². The molecule has 1 aliphatic heterocycles. The van der Waals surface area contributed by atoms with Crippen molar-refractivity contribution < 1.29 is 12.8 Å². The van der Waals surface area contributed by atoms with Crippen LogP contribution in [0, 0.1) is 5.82 Å². The molecule has 1 N–H and O–H groups in total. The van der Waals surface area contributed by atoms with Crippen LogP contribution < -0.4 is 9.62 Å². The highest BCUT2D eigenvalue weighted by atomic mass is 32.2. The van der Waals surface area contributed by atoms with Crippen molar-refractivity contribution in [2.75, 3.05) is 48.6 Å². The first kappa shape index (κ1) is 18.7. The topological polar surface area (TPSA) is 52.6 Å². The van der Waals surface area contributed by atoms with E-state index in [1.807, 2.05) is 12.1 Å². The average molecular weight is 377 g/mol. The van der Waals surface area contributed by atoms with Gasteiger partial charge in [0.05, 0.1) is 5.75 Å². The number of aryl methyl sites for hydroxylation is 1. The van der Waals surface area contributed by atoms with E-state index in [1.165, 1.54) is 6.07 Å². The molecule has 1 saturated heterocycles. The normalized spacial score (nSPS) is 15.8. The summed E-state index contributed by atoms with van der Waals surface area (Å²) in [6.45, 7) is 3.96. The molecule has 1 heterocycles. The molecule has 1 aliphatic rings. The number of benzene rings is 2. The van der Waals surface area contributed by atoms with Gasteiger partial charge in [-0.15, -0.1) is 0 Å². The third-order valence-corrected chi connectivity index (χ3v) is 5.90. The van der Waals surface area contributed by atoms with Crippen molar-refractivity contribution in [1.29, 1.82) is 0 Å². The van der Waals surface area contributed by atoms with E-state index in [0.29, 0.717) is 11.3 Å². The number of nitrogens with zero attached hydrogens (tertiary/aromatic N) is 2. The molecule has 0 aromatic heterocycles. The molecule has 0 atom stereocenters. The number of hydrogen-bond donors (Lipinski definition) is 1. The van der Waals surface area contributed by atoms with E-state index in [0.717, 1.165) is 31.9 Å². The molecule has 7 heteroatoms. The molecular formula is C19H24FN3O2S. The third-order valence-electron chi connectivity index (χ3n) is 4.61. The summed E-state index contributed by atoms with van der Waals surface area (Å²) < 4.78 is 40.7. The van der Waals surface area contributed by atoms with Crippen molar-refractivity contribution in [3.8, 4) is 0 Å². The molecule has 0 saturated carbocycles. The number of rotatable bonds is 6. The lowest BCUT2D eigenvalue weighted by atomic mass is 10.2. The van der Waals surface area contributed by atoms with Gasteiger partial charge in [-0.2, -0.15) is 0 Å². The molecule has 0 unspecified atom stereocenters. The summed E-state index contributed by atoms with van der Waals surface area (Å²) in [4.78, 5) is 4.57. The fourth-order valence-electron chi connectivity index (χ4n) is 2.98. The second-order valence-electron chi connectivity index (χ2n) is 6.60. The Morgan fingerprint density at radius 1 is 1.00 bits per heavy atom. The first-order valence-corrected chi connectivity index (χ1v) is 10.4. The van der Waals surface area contributed by atoms with E-state index in [1.54, 1.807) is 30.3 Å². The molecule has 0 radical (unpaired) electrons. The van der Waals surface area contributed by atoms with Crippen LogP contribution in [-0.4, -0.2) is 52.3 Å². The van der Waals surface area contributed by atoms with Crippen molar-refractivity contribution in [3.63, 3.8) is 0 Å². The van der Waals surface area contributed by atoms with Gasteiger partial charge in [0.1, 0.15) is 5.82 Å². The van der Waals surface area contributed by atoms with Gasteiger partial charge >= 0.3 is 0 Å². The number of halogens is 1. The molecule has 26 heavy (non-hydrogen) atoms. The first-order chi connectivity index (χ1) is 12.4. The third kappa shape index (κ3) is 4.95. The molecule has 0 amide bonds. The molecule has 0 aliphatic carbocycles. The largest absolute Gasteiger partial charge is 0.369 e. The van der Waals surface area contributed by atoms with E-state index >= 15 is 0 Å². The van der Waals surface area contributed by atoms with E-state index in [9.17, 15) is 12.8 Å². The highest BCUT2D eigenvalue weighted by Crippen LogP contribution is 2.20. The zero-order valence-electron chi connectivity index (χ0n) is 14.9. The minimum absolute atomic E-state index is 0.140. The van der Waals surface area contributed by atoms with Gasteiger partial charge in [0.2, 0.25) is 10.0 Å². The van der Waals surface area contributed by atoms with Crippen LogP contribution in [-0.2, 0) is 16.4 Å². The molecule has 1 fully saturated rings. The molecule has 140 valence electrons. The minimum atomic E-state index is -3.53. The van der Waals surface area contributed by atoms with Gasteiger partial charge in [0.15, 0.2) is 0 Å². The predicted molar refractivity (Wildman–Crippen MR) is 104 cm³/mol. The van der Waals surface area contributed by atoms with Crippen molar-refractivity contribution in [3.05, 3.63) is 59.9 Å². The Labute approximate surface area is 154 Å². The van der Waals surface area contributed by atoms with Crippen molar-refractivity contribution in [2.24, 2.45) is 0 Å². The highest BCUT2D eigenvalue weighted by Gasteiger charge is 2.15. The Morgan fingerprint density at radius 2 is 1.65 bits per heavy atom. The van der Waals surface area contributed by atoms with Gasteiger partial charge in [-0.3, -0.25) is 4.72 Å². The number of hydrogen-bond acceptors (Lipinski definition) is 4. The maximum absolute atomic E-state index is 13.6. The van der Waals surface area contributed by atoms with Gasteiger partial charge in [0.25, 0.3) is 0 Å². The van der Waals surface area contributed by atoms with E-state index in [4.69, 9.17) is 0 Å². The maximum atomic E-state index is 13.6. The smallest absolute Gasteiger partial charge is 0.233 e. The highest BCUT2D eigenvalue weighted by molar-refractivity contribution is 7.92. The fraction of sp³-hybridized carbons (Fsp3) is 0.368. The fourth-order valence-corrected chi connectivity index (χ4v) is 4.07. The Morgan fingerprint density at radius 3 is 2.31 bits per heavy atom. The van der Waals surface area contributed by atoms with Crippen LogP contribution in [0.5, 0.6) is 0 Å². The zero-order valence-corrected chi connectivity index (χ0v) is 15.7. The summed E-state index contributed by atoms with van der Waals surface area (Å²) in [6, 6.07) is 13.6. The SMILES string of the molecule is CN1CCN(c2ccc(NS(=O)(=O)CCc3ccccc3F)cc2)CC1. The quantitative estimate of drug-likeness (QED) is 0.841. The average Bonchev–Trinajstić information content (AvgIpc) is 2.62. The maximum Gasteiger partial charge on any atom is 0.233 e. The van der Waals surface area contributed by atoms with Crippen LogP contribution in [0.4, 0.5) is 15.8 Å². The van der Waals surface area contributed by atoms with Crippen molar-refractivity contribution in [1.82, 2.24) is 4.90 Å². The Balaban J connectivity index is 1.58. The Kier molecular flexibility index (Phi) is 5.78. The van der Waals surface area contributed by atoms with Crippen LogP contribution in [0.25, 0.3) is 0 Å². The van der Waals surface area contributed by atoms with Crippen LogP contribution in [0.3, 0.4) is 0 Å². The second kappa shape index (κ2) is 8.05. The van der Waals surface area contributed by atoms with Gasteiger partial charge in [-0.1, -0.05) is 18.2 Å². The Hall–Kier alpha value is -2.12. The summed E-state index contributed by atoms with van der Waals surface area (Å²) in [5.74, 6) is -0.534. The van der Waals surface area contributed by atoms with Gasteiger partial charge in [-0.25, -0.2) is 12.8 Å². The predicted octanol–water partition coefficient (Wildman–Crippen LogP) is 2.56. The zero-order chi connectivity index (χ0) is 18.6. The number of sulfonamides is 1. The minimum Gasteiger partial charge on any atom is -0.369 e. The van der Waals surface area contributed by atoms with Gasteiger partial charge < -0.3 is 9.80 Å². The number of piperazine rings is 1. The summed E-state index contributed by atoms with van der Waals surface area (Å²) >= 11 is 0. The molecule has 3 rings (SSSR count). The van der Waals surface area contributed by atoms with Crippen LogP contribution in [0.2, 0.25) is 0 Å². The molecular weight excluding hydrogens is 353 g/mol. The van der Waals surface area contributed by atoms with Gasteiger partial charge in [0, 0.05) is 37.6 Å². The van der Waals surface area contributed by atoms with E-state index < -0.39 is 10.0 Å². The molecule has 2 aromatic rings. The summed E-state index contributed by atoms with van der Waals surface area (Å²) in [6.07, 6.45) is 0.140. The van der Waals surface area contributed by atoms with Gasteiger partial charge in [-0.05, 0) is 49.4 Å². The Bertz CT molecular complexity index is 832. The van der Waals surface area contributed by atoms with Crippen LogP contribution in [0.15, 0.2) is 48.5 Å². The summed E-state index contributed by atoms with van der Waals surface area (Å²) in [7, 11) is -1.42. The van der Waals surface area contributed by atoms with E-state index in [-0.39, 0.29) is 18.0 Å². The first-order valence-electron chi connectivity index (χ1n) is 8.70. The summed E-state index contributed by atoms with van der Waals surface area (Å²) in [5.41, 5.74) is 2.02. The standard InChI is InChI=1S/C19H24FN3O2S/c1-22-11-13-23(14-12-22)18-8-6-17(7-9-18)21-26(24,25)15-10-16-4-2-3-5-19(16)20/h2-9,21H,10-15H2,1H3. The number of likely N-dealkylation sites (N-methyl/N-ethyl adjacent to an activating group) is 1. The molecule has 2 aromatic carbocycles. The van der Waals surface area contributed by atoms with Crippen molar-refractivity contribution in [2.45, 2.75) is 6.42 Å². The molecule has 0 spiro atoms. The number of anilines is 2. The van der Waals surface area contributed by atoms with E-state index in [2.05, 4.69) is 21.6 Å². The lowest BCUT2D eigenvalue weighted by molar-refractivity contribution is 0.313. The monoisotopic (exact) mass is 377 g/mol. The van der Waals surface area contributed by atoms with Crippen molar-refractivity contribution >= 4 is 21.4 Å². The lowest BCUT2D eigenvalue weighted by Crippen LogP contribution is -2.44. The van der Waals surface area contributed by atoms with Crippen LogP contribution in [0.1, 0.15) is 5.56 Å². The molecule has 5 nitrogen and oxygen atoms in total. The molecule has 0 bridgehead atoms.